The van der Waals surface area contributed by atoms with E-state index >= 15 is 0 Å². The molecule has 2 N–H and O–H groups in total. The van der Waals surface area contributed by atoms with Gasteiger partial charge < -0.3 is 4.74 Å². The lowest BCUT2D eigenvalue weighted by Crippen LogP contribution is -2.17. The average Bonchev–Trinajstić information content (AvgIpc) is 3.35. The number of aromatic amines is 1. The van der Waals surface area contributed by atoms with Crippen LogP contribution in [0.5, 0.6) is 5.75 Å². The molecule has 0 atom stereocenters. The Morgan fingerprint density at radius 3 is 2.68 bits per heavy atom. The van der Waals surface area contributed by atoms with E-state index < -0.39 is 10.8 Å². The molecule has 0 aliphatic heterocycles. The molecule has 0 fully saturated rings. The number of halogens is 1. The van der Waals surface area contributed by atoms with Crippen LogP contribution in [0.4, 0.5) is 5.69 Å². The maximum absolute atomic E-state index is 12.4. The zero-order valence-electron chi connectivity index (χ0n) is 17.6. The third-order valence-electron chi connectivity index (χ3n) is 4.79. The van der Waals surface area contributed by atoms with Crippen LogP contribution in [-0.4, -0.2) is 27.2 Å². The Kier molecular flexibility index (Phi) is 6.95. The van der Waals surface area contributed by atoms with Crippen molar-refractivity contribution in [1.29, 1.82) is 0 Å². The van der Waals surface area contributed by atoms with Crippen molar-refractivity contribution in [1.82, 2.24) is 15.6 Å². The van der Waals surface area contributed by atoms with Gasteiger partial charge in [-0.3, -0.25) is 20.0 Å². The van der Waals surface area contributed by atoms with Gasteiger partial charge in [-0.15, -0.1) is 0 Å². The van der Waals surface area contributed by atoms with Gasteiger partial charge >= 0.3 is 0 Å². The number of amides is 1. The van der Waals surface area contributed by atoms with Crippen LogP contribution in [0.3, 0.4) is 0 Å². The second kappa shape index (κ2) is 10.4. The minimum Gasteiger partial charge on any atom is -0.489 e. The van der Waals surface area contributed by atoms with Crippen LogP contribution in [0.1, 0.15) is 21.6 Å². The second-order valence-electron chi connectivity index (χ2n) is 7.12. The maximum Gasteiger partial charge on any atom is 0.289 e. The van der Waals surface area contributed by atoms with Crippen molar-refractivity contribution in [3.05, 3.63) is 111 Å². The predicted molar refractivity (Wildman–Crippen MR) is 128 cm³/mol. The Labute approximate surface area is 199 Å². The largest absolute Gasteiger partial charge is 0.489 e. The lowest BCUT2D eigenvalue weighted by molar-refractivity contribution is -0.384. The van der Waals surface area contributed by atoms with Crippen LogP contribution in [0, 0.1) is 10.1 Å². The molecule has 4 aromatic rings. The van der Waals surface area contributed by atoms with E-state index in [9.17, 15) is 14.9 Å². The van der Waals surface area contributed by atoms with Crippen molar-refractivity contribution in [2.24, 2.45) is 5.10 Å². The van der Waals surface area contributed by atoms with Crippen molar-refractivity contribution in [2.45, 2.75) is 6.61 Å². The fourth-order valence-electron chi connectivity index (χ4n) is 3.02. The van der Waals surface area contributed by atoms with E-state index in [0.29, 0.717) is 28.6 Å². The molecule has 0 spiro atoms. The molecule has 0 aliphatic carbocycles. The normalized spacial score (nSPS) is 10.9. The van der Waals surface area contributed by atoms with Gasteiger partial charge in [-0.05, 0) is 42.0 Å². The Morgan fingerprint density at radius 2 is 1.91 bits per heavy atom. The van der Waals surface area contributed by atoms with Gasteiger partial charge in [0.05, 0.1) is 16.8 Å². The topological polar surface area (TPSA) is 123 Å². The number of nitrogens with one attached hydrogen (secondary N) is 2. The smallest absolute Gasteiger partial charge is 0.289 e. The van der Waals surface area contributed by atoms with Gasteiger partial charge in [0, 0.05) is 28.3 Å². The summed E-state index contributed by atoms with van der Waals surface area (Å²) in [5.41, 5.74) is 5.40. The summed E-state index contributed by atoms with van der Waals surface area (Å²) in [4.78, 5) is 22.6. The molecule has 1 amide bonds. The first kappa shape index (κ1) is 22.7. The van der Waals surface area contributed by atoms with Crippen molar-refractivity contribution in [2.75, 3.05) is 0 Å². The number of nitro groups is 1. The number of benzene rings is 3. The number of hydrogen-bond donors (Lipinski definition) is 2. The first-order valence-corrected chi connectivity index (χ1v) is 10.5. The number of rotatable bonds is 8. The molecular weight excluding hydrogens is 458 g/mol. The summed E-state index contributed by atoms with van der Waals surface area (Å²) < 4.78 is 5.85. The van der Waals surface area contributed by atoms with Gasteiger partial charge in [-0.25, -0.2) is 5.43 Å². The zero-order chi connectivity index (χ0) is 23.9. The molecule has 0 saturated carbocycles. The molecule has 34 heavy (non-hydrogen) atoms. The highest BCUT2D eigenvalue weighted by molar-refractivity contribution is 6.31. The first-order chi connectivity index (χ1) is 16.5. The van der Waals surface area contributed by atoms with Crippen molar-refractivity contribution in [3.8, 4) is 17.0 Å². The number of hydrazone groups is 1. The number of hydrogen-bond acceptors (Lipinski definition) is 6. The summed E-state index contributed by atoms with van der Waals surface area (Å²) in [6, 6.07) is 22.2. The van der Waals surface area contributed by atoms with E-state index in [1.165, 1.54) is 30.5 Å². The molecule has 4 rings (SSSR count). The summed E-state index contributed by atoms with van der Waals surface area (Å²) in [6.45, 7) is 0.324. The van der Waals surface area contributed by atoms with E-state index in [4.69, 9.17) is 16.3 Å². The SMILES string of the molecule is O=C(N/N=C\c1ccc([N+](=O)[O-])cc1)c1cc(-c2cccc(OCc3ccccc3Cl)c2)n[nH]1. The number of aromatic nitrogens is 2. The molecule has 3 aromatic carbocycles. The number of ether oxygens (including phenoxy) is 1. The van der Waals surface area contributed by atoms with E-state index in [1.54, 1.807) is 6.07 Å². The maximum atomic E-state index is 12.4. The number of H-pyrrole nitrogens is 1. The first-order valence-electron chi connectivity index (χ1n) is 10.1. The van der Waals surface area contributed by atoms with Gasteiger partial charge in [0.25, 0.3) is 11.6 Å². The van der Waals surface area contributed by atoms with Crippen LogP contribution in [0.2, 0.25) is 5.02 Å². The second-order valence-corrected chi connectivity index (χ2v) is 7.53. The third kappa shape index (κ3) is 5.64. The minimum absolute atomic E-state index is 0.0236. The van der Waals surface area contributed by atoms with Crippen LogP contribution < -0.4 is 10.2 Å². The predicted octanol–water partition coefficient (Wildman–Crippen LogP) is 4.98. The van der Waals surface area contributed by atoms with Gasteiger partial charge in [-0.1, -0.05) is 41.9 Å². The lowest BCUT2D eigenvalue weighted by atomic mass is 10.1. The van der Waals surface area contributed by atoms with Crippen molar-refractivity contribution in [3.63, 3.8) is 0 Å². The summed E-state index contributed by atoms with van der Waals surface area (Å²) in [7, 11) is 0. The Morgan fingerprint density at radius 1 is 1.12 bits per heavy atom. The highest BCUT2D eigenvalue weighted by Crippen LogP contribution is 2.24. The van der Waals surface area contributed by atoms with Gasteiger partial charge in [0.1, 0.15) is 18.1 Å². The third-order valence-corrected chi connectivity index (χ3v) is 5.16. The zero-order valence-corrected chi connectivity index (χ0v) is 18.4. The van der Waals surface area contributed by atoms with Gasteiger partial charge in [-0.2, -0.15) is 10.2 Å². The van der Waals surface area contributed by atoms with Crippen LogP contribution in [-0.2, 0) is 6.61 Å². The molecule has 1 heterocycles. The van der Waals surface area contributed by atoms with E-state index in [1.807, 2.05) is 48.5 Å². The summed E-state index contributed by atoms with van der Waals surface area (Å²) in [5, 5.41) is 22.1. The van der Waals surface area contributed by atoms with E-state index in [2.05, 4.69) is 20.7 Å². The highest BCUT2D eigenvalue weighted by atomic mass is 35.5. The number of nitro benzene ring substituents is 1. The molecule has 0 radical (unpaired) electrons. The molecule has 10 heteroatoms. The minimum atomic E-state index is -0.487. The van der Waals surface area contributed by atoms with Crippen LogP contribution >= 0.6 is 11.6 Å². The quantitative estimate of drug-likeness (QED) is 0.211. The fraction of sp³-hybridized carbons (Fsp3) is 0.0417. The van der Waals surface area contributed by atoms with E-state index in [-0.39, 0.29) is 11.4 Å². The van der Waals surface area contributed by atoms with Crippen molar-refractivity contribution >= 4 is 29.4 Å². The van der Waals surface area contributed by atoms with Gasteiger partial charge in [0.15, 0.2) is 0 Å². The summed E-state index contributed by atoms with van der Waals surface area (Å²) in [5.74, 6) is 0.155. The molecule has 0 bridgehead atoms. The Bertz CT molecular complexity index is 1350. The monoisotopic (exact) mass is 475 g/mol. The molecule has 0 unspecified atom stereocenters. The summed E-state index contributed by atoms with van der Waals surface area (Å²) in [6.07, 6.45) is 1.39. The van der Waals surface area contributed by atoms with E-state index in [0.717, 1.165) is 11.1 Å². The number of carbonyl (C=O) groups is 1. The molecule has 0 aliphatic rings. The highest BCUT2D eigenvalue weighted by Gasteiger charge is 2.11. The molecule has 1 aromatic heterocycles. The fourth-order valence-corrected chi connectivity index (χ4v) is 3.21. The number of carbonyl (C=O) groups excluding carboxylic acids is 1. The molecule has 170 valence electrons. The van der Waals surface area contributed by atoms with Crippen LogP contribution in [0.15, 0.2) is 84.0 Å². The Hall–Kier alpha value is -4.50. The Balaban J connectivity index is 1.37. The molecule has 9 nitrogen and oxygen atoms in total. The average molecular weight is 476 g/mol. The van der Waals surface area contributed by atoms with Crippen molar-refractivity contribution < 1.29 is 14.5 Å². The summed E-state index contributed by atoms with van der Waals surface area (Å²) >= 11 is 6.17. The lowest BCUT2D eigenvalue weighted by Gasteiger charge is -2.08. The molecule has 0 saturated heterocycles. The van der Waals surface area contributed by atoms with Crippen LogP contribution in [0.25, 0.3) is 11.3 Å². The molecular formula is C24H18ClN5O4. The standard InChI is InChI=1S/C24H18ClN5O4/c25-21-7-2-1-4-18(21)15-34-20-6-3-5-17(12-20)22-13-23(28-27-22)24(31)29-26-14-16-8-10-19(11-9-16)30(32)33/h1-14H,15H2,(H,27,28)(H,29,31)/b26-14-. The number of non-ortho nitro benzene ring substituents is 1. The van der Waals surface area contributed by atoms with Gasteiger partial charge in [0.2, 0.25) is 0 Å². The number of nitrogens with zero attached hydrogens (tertiary/aromatic N) is 3.